The molecule has 1 fully saturated rings. The molecule has 0 radical (unpaired) electrons. The summed E-state index contributed by atoms with van der Waals surface area (Å²) in [5.74, 6) is 1.60. The number of carbonyl (C=O) groups is 1. The number of halogens is 3. The second kappa shape index (κ2) is 9.77. The van der Waals surface area contributed by atoms with Gasteiger partial charge >= 0.3 is 6.18 Å². The van der Waals surface area contributed by atoms with E-state index in [4.69, 9.17) is 14.2 Å². The molecule has 0 saturated carbocycles. The number of ether oxygens (including phenoxy) is 3. The third kappa shape index (κ3) is 4.83. The van der Waals surface area contributed by atoms with E-state index in [0.717, 1.165) is 23.6 Å². The minimum Gasteiger partial charge on any atom is -0.497 e. The molecule has 0 N–H and O–H groups in total. The molecule has 2 aliphatic rings. The molecule has 0 bridgehead atoms. The number of carbonyl (C=O) groups excluding carboxylic acids is 1. The molecule has 9 nitrogen and oxygen atoms in total. The van der Waals surface area contributed by atoms with E-state index in [0.29, 0.717) is 54.3 Å². The lowest BCUT2D eigenvalue weighted by molar-refractivity contribution is -0.142. The van der Waals surface area contributed by atoms with E-state index in [9.17, 15) is 18.0 Å². The van der Waals surface area contributed by atoms with Crippen molar-refractivity contribution in [3.05, 3.63) is 71.5 Å². The van der Waals surface area contributed by atoms with Crippen molar-refractivity contribution in [3.8, 4) is 28.5 Å². The van der Waals surface area contributed by atoms with Crippen LogP contribution in [-0.2, 0) is 12.7 Å². The van der Waals surface area contributed by atoms with Crippen molar-refractivity contribution in [1.29, 1.82) is 0 Å². The van der Waals surface area contributed by atoms with Gasteiger partial charge in [0.05, 0.1) is 19.0 Å². The van der Waals surface area contributed by atoms with Crippen molar-refractivity contribution >= 4 is 11.6 Å². The zero-order valence-corrected chi connectivity index (χ0v) is 20.9. The Balaban J connectivity index is 1.23. The van der Waals surface area contributed by atoms with Gasteiger partial charge in [-0.1, -0.05) is 6.07 Å². The van der Waals surface area contributed by atoms with Crippen molar-refractivity contribution in [2.45, 2.75) is 12.7 Å². The first kappa shape index (κ1) is 25.0. The molecule has 6 rings (SSSR count). The Hall–Kier alpha value is -4.32. The Morgan fingerprint density at radius 2 is 1.74 bits per heavy atom. The van der Waals surface area contributed by atoms with E-state index in [1.54, 1.807) is 29.2 Å². The largest absolute Gasteiger partial charge is 0.497 e. The zero-order chi connectivity index (χ0) is 27.1. The highest BCUT2D eigenvalue weighted by atomic mass is 19.4. The summed E-state index contributed by atoms with van der Waals surface area (Å²) in [4.78, 5) is 21.7. The smallest absolute Gasteiger partial charge is 0.433 e. The lowest BCUT2D eigenvalue weighted by atomic mass is 10.1. The first-order chi connectivity index (χ1) is 18.8. The van der Waals surface area contributed by atoms with E-state index < -0.39 is 17.8 Å². The van der Waals surface area contributed by atoms with Gasteiger partial charge in [0.25, 0.3) is 5.91 Å². The molecule has 12 heteroatoms. The number of fused-ring (bicyclic) bond motifs is 2. The van der Waals surface area contributed by atoms with Gasteiger partial charge < -0.3 is 19.1 Å². The van der Waals surface area contributed by atoms with Gasteiger partial charge in [0.1, 0.15) is 11.3 Å². The third-order valence-electron chi connectivity index (χ3n) is 6.88. The number of nitrogens with zero attached hydrogens (tertiary/aromatic N) is 5. The van der Waals surface area contributed by atoms with E-state index in [1.807, 2.05) is 18.2 Å². The van der Waals surface area contributed by atoms with Gasteiger partial charge in [-0.3, -0.25) is 9.69 Å². The van der Waals surface area contributed by atoms with Gasteiger partial charge in [0.2, 0.25) is 6.79 Å². The maximum Gasteiger partial charge on any atom is 0.433 e. The fourth-order valence-electron chi connectivity index (χ4n) is 4.80. The fraction of sp³-hybridized carbons (Fsp3) is 0.296. The Labute approximate surface area is 221 Å². The average Bonchev–Trinajstić information content (AvgIpc) is 3.59. The summed E-state index contributed by atoms with van der Waals surface area (Å²) >= 11 is 0. The van der Waals surface area contributed by atoms with Crippen LogP contribution in [0.3, 0.4) is 0 Å². The molecule has 4 heterocycles. The molecular formula is C27H24F3N5O4. The number of hydrogen-bond acceptors (Lipinski definition) is 7. The van der Waals surface area contributed by atoms with E-state index >= 15 is 0 Å². The number of hydrogen-bond donors (Lipinski definition) is 0. The first-order valence-corrected chi connectivity index (χ1v) is 12.3. The summed E-state index contributed by atoms with van der Waals surface area (Å²) in [7, 11) is 1.50. The normalized spacial score (nSPS) is 15.6. The van der Waals surface area contributed by atoms with Crippen molar-refractivity contribution in [2.75, 3.05) is 40.1 Å². The molecule has 0 spiro atoms. The predicted octanol–water partition coefficient (Wildman–Crippen LogP) is 4.11. The highest BCUT2D eigenvalue weighted by molar-refractivity contribution is 6.00. The zero-order valence-electron chi connectivity index (χ0n) is 20.9. The number of methoxy groups -OCH3 is 1. The second-order valence-electron chi connectivity index (χ2n) is 9.30. The average molecular weight is 540 g/mol. The Kier molecular flexibility index (Phi) is 6.26. The van der Waals surface area contributed by atoms with Crippen molar-refractivity contribution < 1.29 is 32.2 Å². The lowest BCUT2D eigenvalue weighted by Gasteiger charge is -2.34. The van der Waals surface area contributed by atoms with Gasteiger partial charge in [-0.25, -0.2) is 9.50 Å². The Bertz CT molecular complexity index is 1530. The molecular weight excluding hydrogens is 515 g/mol. The molecule has 1 amide bonds. The predicted molar refractivity (Wildman–Crippen MR) is 134 cm³/mol. The number of rotatable bonds is 5. The number of piperazine rings is 1. The van der Waals surface area contributed by atoms with Crippen LogP contribution in [0.25, 0.3) is 16.9 Å². The molecule has 2 aromatic carbocycles. The summed E-state index contributed by atoms with van der Waals surface area (Å²) in [5.41, 5.74) is 0.493. The number of amides is 1. The molecule has 202 valence electrons. The molecule has 2 aliphatic heterocycles. The summed E-state index contributed by atoms with van der Waals surface area (Å²) in [5, 5.41) is 3.90. The van der Waals surface area contributed by atoms with Crippen LogP contribution in [0, 0.1) is 0 Å². The Morgan fingerprint density at radius 3 is 2.46 bits per heavy atom. The van der Waals surface area contributed by atoms with Crippen molar-refractivity contribution in [3.63, 3.8) is 0 Å². The van der Waals surface area contributed by atoms with Gasteiger partial charge in [-0.2, -0.15) is 18.3 Å². The van der Waals surface area contributed by atoms with Crippen LogP contribution >= 0.6 is 0 Å². The van der Waals surface area contributed by atoms with E-state index in [2.05, 4.69) is 15.0 Å². The van der Waals surface area contributed by atoms with Crippen LogP contribution in [-0.4, -0.2) is 70.4 Å². The summed E-state index contributed by atoms with van der Waals surface area (Å²) in [6.07, 6.45) is -3.54. The van der Waals surface area contributed by atoms with Crippen LogP contribution in [0.2, 0.25) is 0 Å². The van der Waals surface area contributed by atoms with Gasteiger partial charge in [0, 0.05) is 38.3 Å². The maximum atomic E-state index is 14.0. The standard InChI is InChI=1S/C27H24F3N5O4/c1-37-19-5-3-18(4-6-19)21-13-24(27(28,29)30)35-25(32-21)20(14-31-35)26(36)34-10-8-33(9-11-34)15-17-2-7-22-23(12-17)39-16-38-22/h2-7,12-14H,8-11,15-16H2,1H3. The van der Waals surface area contributed by atoms with Crippen LogP contribution in [0.15, 0.2) is 54.7 Å². The van der Waals surface area contributed by atoms with Crippen molar-refractivity contribution in [1.82, 2.24) is 24.4 Å². The minimum absolute atomic E-state index is 0.0279. The molecule has 4 aromatic rings. The SMILES string of the molecule is COc1ccc(-c2cc(C(F)(F)F)n3ncc(C(=O)N4CCN(Cc5ccc6c(c5)OCO6)CC4)c3n2)cc1. The summed E-state index contributed by atoms with van der Waals surface area (Å²) in [6.45, 7) is 2.95. The highest BCUT2D eigenvalue weighted by Crippen LogP contribution is 2.34. The van der Waals surface area contributed by atoms with Crippen LogP contribution in [0.5, 0.6) is 17.2 Å². The number of alkyl halides is 3. The molecule has 1 saturated heterocycles. The van der Waals surface area contributed by atoms with Crippen molar-refractivity contribution in [2.24, 2.45) is 0 Å². The van der Waals surface area contributed by atoms with Gasteiger partial charge in [-0.05, 0) is 48.0 Å². The minimum atomic E-state index is -4.70. The molecule has 0 unspecified atom stereocenters. The quantitative estimate of drug-likeness (QED) is 0.378. The second-order valence-corrected chi connectivity index (χ2v) is 9.30. The molecule has 0 aliphatic carbocycles. The van der Waals surface area contributed by atoms with Crippen LogP contribution < -0.4 is 14.2 Å². The lowest BCUT2D eigenvalue weighted by Crippen LogP contribution is -2.48. The maximum absolute atomic E-state index is 14.0. The molecule has 2 aromatic heterocycles. The highest BCUT2D eigenvalue weighted by Gasteiger charge is 2.36. The fourth-order valence-corrected chi connectivity index (χ4v) is 4.80. The summed E-state index contributed by atoms with van der Waals surface area (Å²) in [6, 6.07) is 13.3. The molecule has 39 heavy (non-hydrogen) atoms. The third-order valence-corrected chi connectivity index (χ3v) is 6.88. The summed E-state index contributed by atoms with van der Waals surface area (Å²) < 4.78 is 58.5. The van der Waals surface area contributed by atoms with E-state index in [-0.39, 0.29) is 23.7 Å². The number of benzene rings is 2. The first-order valence-electron chi connectivity index (χ1n) is 12.3. The van der Waals surface area contributed by atoms with Crippen LogP contribution in [0.1, 0.15) is 21.6 Å². The topological polar surface area (TPSA) is 81.4 Å². The van der Waals surface area contributed by atoms with Crippen LogP contribution in [0.4, 0.5) is 13.2 Å². The molecule has 0 atom stereocenters. The number of aromatic nitrogens is 3. The van der Waals surface area contributed by atoms with Gasteiger partial charge in [-0.15, -0.1) is 0 Å². The van der Waals surface area contributed by atoms with E-state index in [1.165, 1.54) is 7.11 Å². The Morgan fingerprint density at radius 1 is 1.00 bits per heavy atom. The monoisotopic (exact) mass is 539 g/mol. The van der Waals surface area contributed by atoms with Gasteiger partial charge in [0.15, 0.2) is 22.8 Å².